The number of anilines is 4. The van der Waals surface area contributed by atoms with Crippen molar-refractivity contribution in [1.29, 1.82) is 0 Å². The Kier molecular flexibility index (Phi) is 15.6. The molecule has 65 heavy (non-hydrogen) atoms. The maximum Gasteiger partial charge on any atom is 0.416 e. The number of carbonyl (C=O) groups is 3. The first-order chi connectivity index (χ1) is 31.2. The van der Waals surface area contributed by atoms with Crippen molar-refractivity contribution < 1.29 is 27.6 Å². The number of piperidine rings is 1. The van der Waals surface area contributed by atoms with Crippen LogP contribution in [0.2, 0.25) is 0 Å². The van der Waals surface area contributed by atoms with Crippen LogP contribution >= 0.6 is 0 Å². The van der Waals surface area contributed by atoms with Crippen molar-refractivity contribution >= 4 is 51.6 Å². The monoisotopic (exact) mass is 901 g/mol. The summed E-state index contributed by atoms with van der Waals surface area (Å²) < 4.78 is 42.0. The highest BCUT2D eigenvalue weighted by atomic mass is 19.4. The number of nitrogens with two attached hydrogens (primary N) is 1. The normalized spacial score (nSPS) is 18.2. The number of carbonyl (C=O) groups excluding carboxylic acids is 3. The maximum atomic E-state index is 13.5. The number of pyridine rings is 1. The molecule has 0 bridgehead atoms. The van der Waals surface area contributed by atoms with Crippen LogP contribution in [-0.2, 0) is 27.6 Å². The first kappa shape index (κ1) is 47.2. The Labute approximate surface area is 377 Å². The fourth-order valence-corrected chi connectivity index (χ4v) is 9.10. The fraction of sp³-hybridized carbons (Fsp3) is 0.532. The summed E-state index contributed by atoms with van der Waals surface area (Å²) in [6.07, 6.45) is 6.00. The lowest BCUT2D eigenvalue weighted by Crippen LogP contribution is -2.50. The zero-order valence-corrected chi connectivity index (χ0v) is 37.5. The molecule has 5 heterocycles. The second kappa shape index (κ2) is 21.5. The van der Waals surface area contributed by atoms with Crippen molar-refractivity contribution in [2.75, 3.05) is 93.3 Å². The molecule has 3 amide bonds. The van der Waals surface area contributed by atoms with Gasteiger partial charge in [0.25, 0.3) is 5.56 Å². The van der Waals surface area contributed by atoms with Gasteiger partial charge < -0.3 is 26.2 Å². The molecule has 2 atom stereocenters. The van der Waals surface area contributed by atoms with E-state index in [0.29, 0.717) is 54.0 Å². The average molecular weight is 902 g/mol. The van der Waals surface area contributed by atoms with E-state index in [1.54, 1.807) is 20.0 Å². The number of aromatic nitrogens is 3. The first-order valence-corrected chi connectivity index (χ1v) is 23.0. The lowest BCUT2D eigenvalue weighted by atomic mass is 9.90. The fourth-order valence-electron chi connectivity index (χ4n) is 9.10. The second-order valence-electron chi connectivity index (χ2n) is 17.6. The number of hydrogen-bond acceptors (Lipinski definition) is 12. The summed E-state index contributed by atoms with van der Waals surface area (Å²) in [5.41, 5.74) is 7.89. The third-order valence-electron chi connectivity index (χ3n) is 13.0. The Balaban J connectivity index is 0.751. The smallest absolute Gasteiger partial charge is 0.399 e. The van der Waals surface area contributed by atoms with Gasteiger partial charge in [-0.3, -0.25) is 38.9 Å². The van der Waals surface area contributed by atoms with Crippen molar-refractivity contribution in [2.45, 2.75) is 82.8 Å². The number of piperazine rings is 2. The Morgan fingerprint density at radius 3 is 2.11 bits per heavy atom. The average Bonchev–Trinajstić information content (AvgIpc) is 3.29. The summed E-state index contributed by atoms with van der Waals surface area (Å²) in [7, 11) is 1.67. The molecule has 0 saturated carbocycles. The van der Waals surface area contributed by atoms with Crippen LogP contribution in [-0.4, -0.2) is 119 Å². The van der Waals surface area contributed by atoms with E-state index in [1.165, 1.54) is 49.1 Å². The molecule has 3 saturated heterocycles. The number of hydrogen-bond donors (Lipinski definition) is 4. The van der Waals surface area contributed by atoms with Gasteiger partial charge in [0, 0.05) is 77.2 Å². The van der Waals surface area contributed by atoms with Gasteiger partial charge in [-0.05, 0) is 86.8 Å². The lowest BCUT2D eigenvalue weighted by Gasteiger charge is -2.36. The minimum absolute atomic E-state index is 0.0183. The number of fused-ring (bicyclic) bond motifs is 1. The molecular formula is C47H62F3N11O4. The molecule has 18 heteroatoms. The number of halogens is 3. The molecule has 2 aromatic heterocycles. The standard InChI is InChI=1S/C47H62F3N11O4/c1-32(34-26-35(47(48,49)50)28-36(51)27-34)55-43-39-29-40(46(65)57(2)44(39)54-31-53-43)60-22-18-58(19-23-60)16-8-6-4-3-5-7-9-17-59-20-24-61(25-21-59)42(63)30-52-37-12-10-33(11-13-37)38-14-15-41(62)56-45(38)64/h10-13,26-29,31-32,38,52H,3-9,14-25,30,51H2,1-2H3,(H,53,54,55)(H,56,62,64). The van der Waals surface area contributed by atoms with E-state index in [2.05, 4.69) is 40.6 Å². The molecule has 3 aliphatic heterocycles. The molecule has 7 rings (SSSR count). The highest BCUT2D eigenvalue weighted by Gasteiger charge is 2.32. The zero-order chi connectivity index (χ0) is 46.1. The van der Waals surface area contributed by atoms with Gasteiger partial charge in [0.05, 0.1) is 29.5 Å². The highest BCUT2D eigenvalue weighted by Crippen LogP contribution is 2.34. The zero-order valence-electron chi connectivity index (χ0n) is 37.5. The number of nitrogen functional groups attached to an aromatic ring is 1. The highest BCUT2D eigenvalue weighted by molar-refractivity contribution is 6.01. The van der Waals surface area contributed by atoms with E-state index in [9.17, 15) is 32.3 Å². The van der Waals surface area contributed by atoms with Gasteiger partial charge in [0.15, 0.2) is 0 Å². The molecule has 0 spiro atoms. The van der Waals surface area contributed by atoms with Gasteiger partial charge >= 0.3 is 6.18 Å². The molecule has 2 aromatic carbocycles. The predicted octanol–water partition coefficient (Wildman–Crippen LogP) is 5.73. The van der Waals surface area contributed by atoms with Crippen LogP contribution in [0.5, 0.6) is 0 Å². The molecule has 3 fully saturated rings. The summed E-state index contributed by atoms with van der Waals surface area (Å²) >= 11 is 0. The first-order valence-electron chi connectivity index (χ1n) is 23.0. The molecule has 0 radical (unpaired) electrons. The third-order valence-corrected chi connectivity index (χ3v) is 13.0. The van der Waals surface area contributed by atoms with Crippen molar-refractivity contribution in [3.8, 4) is 0 Å². The largest absolute Gasteiger partial charge is 0.416 e. The van der Waals surface area contributed by atoms with Gasteiger partial charge in [-0.15, -0.1) is 0 Å². The maximum absolute atomic E-state index is 13.5. The van der Waals surface area contributed by atoms with E-state index < -0.39 is 17.8 Å². The second-order valence-corrected chi connectivity index (χ2v) is 17.6. The Bertz CT molecular complexity index is 2340. The predicted molar refractivity (Wildman–Crippen MR) is 247 cm³/mol. The molecule has 2 unspecified atom stereocenters. The van der Waals surface area contributed by atoms with E-state index in [4.69, 9.17) is 5.73 Å². The Morgan fingerprint density at radius 1 is 0.846 bits per heavy atom. The molecule has 0 aliphatic carbocycles. The number of alkyl halides is 3. The van der Waals surface area contributed by atoms with Gasteiger partial charge in [-0.2, -0.15) is 13.2 Å². The Hall–Kier alpha value is -5.75. The van der Waals surface area contributed by atoms with Crippen LogP contribution < -0.4 is 32.1 Å². The van der Waals surface area contributed by atoms with Gasteiger partial charge in [0.2, 0.25) is 17.7 Å². The third kappa shape index (κ3) is 12.3. The van der Waals surface area contributed by atoms with Crippen LogP contribution in [0.4, 0.5) is 36.1 Å². The van der Waals surface area contributed by atoms with Crippen LogP contribution in [0, 0.1) is 0 Å². The van der Waals surface area contributed by atoms with Gasteiger partial charge in [0.1, 0.15) is 23.5 Å². The summed E-state index contributed by atoms with van der Waals surface area (Å²) in [4.78, 5) is 67.8. The van der Waals surface area contributed by atoms with Crippen molar-refractivity contribution in [1.82, 2.24) is 34.6 Å². The van der Waals surface area contributed by atoms with Crippen molar-refractivity contribution in [2.24, 2.45) is 7.05 Å². The topological polar surface area (TPSA) is 174 Å². The number of aryl methyl sites for hydroxylation is 1. The van der Waals surface area contributed by atoms with Crippen LogP contribution in [0.15, 0.2) is 59.7 Å². The van der Waals surface area contributed by atoms with Crippen LogP contribution in [0.25, 0.3) is 11.0 Å². The summed E-state index contributed by atoms with van der Waals surface area (Å²) in [5.74, 6) is -0.309. The minimum Gasteiger partial charge on any atom is -0.399 e. The number of unbranched alkanes of at least 4 members (excludes halogenated alkanes) is 6. The Morgan fingerprint density at radius 2 is 1.48 bits per heavy atom. The summed E-state index contributed by atoms with van der Waals surface area (Å²) in [6, 6.07) is 12.3. The van der Waals surface area contributed by atoms with Crippen LogP contribution in [0.1, 0.15) is 93.4 Å². The molecule has 4 aromatic rings. The van der Waals surface area contributed by atoms with Crippen molar-refractivity contribution in [3.63, 3.8) is 0 Å². The number of imide groups is 1. The van der Waals surface area contributed by atoms with E-state index >= 15 is 0 Å². The van der Waals surface area contributed by atoms with E-state index in [0.717, 1.165) is 88.6 Å². The summed E-state index contributed by atoms with van der Waals surface area (Å²) in [5, 5.41) is 9.45. The number of rotatable bonds is 18. The summed E-state index contributed by atoms with van der Waals surface area (Å²) in [6.45, 7) is 10.4. The van der Waals surface area contributed by atoms with Gasteiger partial charge in [-0.25, -0.2) is 9.97 Å². The van der Waals surface area contributed by atoms with E-state index in [1.807, 2.05) is 29.2 Å². The van der Waals surface area contributed by atoms with E-state index in [-0.39, 0.29) is 41.4 Å². The number of nitrogens with one attached hydrogen (secondary N) is 3. The number of nitrogens with zero attached hydrogens (tertiary/aromatic N) is 7. The lowest BCUT2D eigenvalue weighted by molar-refractivity contribution is -0.138. The molecule has 3 aliphatic rings. The SMILES string of the molecule is CC(Nc1ncnc2c1cc(N1CCN(CCCCCCCCCN3CCN(C(=O)CNc4ccc(C5CCC(=O)NC5=O)cc4)CC3)CC1)c(=O)n2C)c1cc(N)cc(C(F)(F)F)c1. The quantitative estimate of drug-likeness (QED) is 0.0544. The number of benzene rings is 2. The molecular weight excluding hydrogens is 840 g/mol. The molecule has 350 valence electrons. The minimum atomic E-state index is -4.53. The van der Waals surface area contributed by atoms with Crippen LogP contribution in [0.3, 0.4) is 0 Å². The van der Waals surface area contributed by atoms with Gasteiger partial charge in [-0.1, -0.05) is 44.2 Å². The molecule has 15 nitrogen and oxygen atoms in total. The van der Waals surface area contributed by atoms with Crippen molar-refractivity contribution in [3.05, 3.63) is 81.9 Å². The molecule has 5 N–H and O–H groups in total. The number of amides is 3.